The van der Waals surface area contributed by atoms with E-state index in [1.807, 2.05) is 6.20 Å². The van der Waals surface area contributed by atoms with Gasteiger partial charge in [-0.05, 0) is 78.1 Å². The van der Waals surface area contributed by atoms with Gasteiger partial charge in [0.25, 0.3) is 0 Å². The third-order valence-electron chi connectivity index (χ3n) is 8.06. The van der Waals surface area contributed by atoms with E-state index in [-0.39, 0.29) is 0 Å². The van der Waals surface area contributed by atoms with Crippen LogP contribution in [0.15, 0.2) is 85.1 Å². The van der Waals surface area contributed by atoms with Crippen molar-refractivity contribution < 1.29 is 0 Å². The van der Waals surface area contributed by atoms with Crippen LogP contribution >= 0.6 is 0 Å². The molecule has 1 aromatic heterocycles. The van der Waals surface area contributed by atoms with Crippen molar-refractivity contribution in [3.8, 4) is 11.3 Å². The second-order valence-electron chi connectivity index (χ2n) is 11.2. The van der Waals surface area contributed by atoms with E-state index in [0.29, 0.717) is 5.92 Å². The standard InChI is InChI=1S/C33H29NSi/c1-20(2)15-21-9-10-22-11-12-25-26-13-14-34-33-29-17-23-7-5-6-8-24(23)18-30(29)35(3,4)31(32(26)33)19-28(25)27(22)16-21/h5-14,16-20H,15H2,1-4H3. The van der Waals surface area contributed by atoms with Gasteiger partial charge in [-0.2, -0.15) is 0 Å². The van der Waals surface area contributed by atoms with Gasteiger partial charge in [-0.1, -0.05) is 93.7 Å². The molecule has 0 atom stereocenters. The molecule has 0 radical (unpaired) electrons. The van der Waals surface area contributed by atoms with E-state index in [4.69, 9.17) is 4.98 Å². The van der Waals surface area contributed by atoms with Crippen molar-refractivity contribution in [1.82, 2.24) is 4.98 Å². The molecule has 0 amide bonds. The zero-order valence-corrected chi connectivity index (χ0v) is 21.8. The van der Waals surface area contributed by atoms with Crippen LogP contribution in [0, 0.1) is 5.92 Å². The quantitative estimate of drug-likeness (QED) is 0.188. The summed E-state index contributed by atoms with van der Waals surface area (Å²) in [6, 6.07) is 30.0. The molecule has 5 aromatic carbocycles. The molecule has 6 aromatic rings. The minimum atomic E-state index is -1.96. The van der Waals surface area contributed by atoms with E-state index in [1.54, 1.807) is 0 Å². The molecule has 0 saturated heterocycles. The van der Waals surface area contributed by atoms with Gasteiger partial charge in [-0.25, -0.2) is 0 Å². The van der Waals surface area contributed by atoms with Gasteiger partial charge in [0, 0.05) is 17.1 Å². The average molecular weight is 468 g/mol. The molecule has 0 fully saturated rings. The van der Waals surface area contributed by atoms with Crippen molar-refractivity contribution in [3.05, 3.63) is 90.6 Å². The molecular weight excluding hydrogens is 438 g/mol. The van der Waals surface area contributed by atoms with Crippen molar-refractivity contribution in [2.24, 2.45) is 5.92 Å². The number of nitrogens with zero attached hydrogens (tertiary/aromatic N) is 1. The van der Waals surface area contributed by atoms with Gasteiger partial charge in [0.15, 0.2) is 0 Å². The molecule has 0 bridgehead atoms. The Balaban J connectivity index is 1.63. The van der Waals surface area contributed by atoms with Crippen LogP contribution in [0.4, 0.5) is 0 Å². The molecule has 1 aliphatic rings. The zero-order valence-electron chi connectivity index (χ0n) is 20.8. The minimum Gasteiger partial charge on any atom is -0.256 e. The van der Waals surface area contributed by atoms with Crippen molar-refractivity contribution in [1.29, 1.82) is 0 Å². The Morgan fingerprint density at radius 3 is 2.26 bits per heavy atom. The lowest BCUT2D eigenvalue weighted by Crippen LogP contribution is -2.56. The first-order chi connectivity index (χ1) is 16.9. The van der Waals surface area contributed by atoms with E-state index in [0.717, 1.165) is 12.1 Å². The second-order valence-corrected chi connectivity index (χ2v) is 15.5. The molecule has 170 valence electrons. The number of benzene rings is 5. The van der Waals surface area contributed by atoms with Crippen LogP contribution in [0.2, 0.25) is 13.1 Å². The predicted octanol–water partition coefficient (Wildman–Crippen LogP) is 7.70. The molecule has 7 rings (SSSR count). The van der Waals surface area contributed by atoms with E-state index in [2.05, 4.69) is 106 Å². The lowest BCUT2D eigenvalue weighted by Gasteiger charge is -2.34. The summed E-state index contributed by atoms with van der Waals surface area (Å²) in [4.78, 5) is 4.99. The summed E-state index contributed by atoms with van der Waals surface area (Å²) in [7, 11) is -1.96. The van der Waals surface area contributed by atoms with Crippen LogP contribution in [0.1, 0.15) is 19.4 Å². The number of fused-ring (bicyclic) bond motifs is 7. The smallest absolute Gasteiger partial charge is 0.114 e. The number of pyridine rings is 1. The van der Waals surface area contributed by atoms with E-state index in [1.165, 1.54) is 64.6 Å². The molecule has 1 aliphatic heterocycles. The molecule has 35 heavy (non-hydrogen) atoms. The first-order valence-electron chi connectivity index (χ1n) is 12.7. The first kappa shape index (κ1) is 20.8. The molecule has 0 spiro atoms. The Kier molecular flexibility index (Phi) is 4.32. The SMILES string of the molecule is CC(C)Cc1ccc2ccc3c4ccnc5c4c(cc3c2c1)[Si](C)(C)c1cc2ccccc2cc1-5. The van der Waals surface area contributed by atoms with Gasteiger partial charge in [0.05, 0.1) is 5.69 Å². The van der Waals surface area contributed by atoms with E-state index >= 15 is 0 Å². The molecule has 0 aliphatic carbocycles. The predicted molar refractivity (Wildman–Crippen MR) is 155 cm³/mol. The summed E-state index contributed by atoms with van der Waals surface area (Å²) >= 11 is 0. The highest BCUT2D eigenvalue weighted by Gasteiger charge is 2.37. The largest absolute Gasteiger partial charge is 0.256 e. The Labute approximate surface area is 207 Å². The van der Waals surface area contributed by atoms with Gasteiger partial charge in [0.1, 0.15) is 8.07 Å². The number of hydrogen-bond acceptors (Lipinski definition) is 1. The molecule has 0 N–H and O–H groups in total. The maximum Gasteiger partial charge on any atom is 0.114 e. The van der Waals surface area contributed by atoms with Gasteiger partial charge in [-0.15, -0.1) is 0 Å². The monoisotopic (exact) mass is 467 g/mol. The van der Waals surface area contributed by atoms with E-state index in [9.17, 15) is 0 Å². The van der Waals surface area contributed by atoms with Crippen molar-refractivity contribution in [2.45, 2.75) is 33.4 Å². The lowest BCUT2D eigenvalue weighted by atomic mass is 9.92. The fourth-order valence-electron chi connectivity index (χ4n) is 6.35. The maximum atomic E-state index is 4.99. The molecule has 2 heterocycles. The number of rotatable bonds is 2. The highest BCUT2D eigenvalue weighted by atomic mass is 28.3. The minimum absolute atomic E-state index is 0.649. The molecule has 1 nitrogen and oxygen atoms in total. The highest BCUT2D eigenvalue weighted by Crippen LogP contribution is 2.39. The van der Waals surface area contributed by atoms with Gasteiger partial charge >= 0.3 is 0 Å². The highest BCUT2D eigenvalue weighted by molar-refractivity contribution is 7.03. The van der Waals surface area contributed by atoms with Gasteiger partial charge < -0.3 is 0 Å². The molecule has 2 heteroatoms. The molecule has 0 unspecified atom stereocenters. The normalized spacial score (nSPS) is 14.3. The van der Waals surface area contributed by atoms with Crippen LogP contribution in [0.3, 0.4) is 0 Å². The number of hydrogen-bond donors (Lipinski definition) is 0. The van der Waals surface area contributed by atoms with Crippen LogP contribution in [-0.4, -0.2) is 13.1 Å². The average Bonchev–Trinajstić information content (AvgIpc) is 2.85. The van der Waals surface area contributed by atoms with Gasteiger partial charge in [0.2, 0.25) is 0 Å². The topological polar surface area (TPSA) is 12.9 Å². The Morgan fingerprint density at radius 1 is 0.686 bits per heavy atom. The third kappa shape index (κ3) is 2.96. The summed E-state index contributed by atoms with van der Waals surface area (Å²) < 4.78 is 0. The van der Waals surface area contributed by atoms with Crippen molar-refractivity contribution in [3.63, 3.8) is 0 Å². The molecular formula is C33H29NSi. The summed E-state index contributed by atoms with van der Waals surface area (Å²) in [5.41, 5.74) is 3.91. The van der Waals surface area contributed by atoms with Crippen LogP contribution in [-0.2, 0) is 6.42 Å². The lowest BCUT2D eigenvalue weighted by molar-refractivity contribution is 0.648. The van der Waals surface area contributed by atoms with Crippen molar-refractivity contribution >= 4 is 61.5 Å². The van der Waals surface area contributed by atoms with E-state index < -0.39 is 8.07 Å². The maximum absolute atomic E-state index is 4.99. The van der Waals surface area contributed by atoms with Crippen LogP contribution in [0.5, 0.6) is 0 Å². The third-order valence-corrected chi connectivity index (χ3v) is 11.6. The van der Waals surface area contributed by atoms with Crippen LogP contribution in [0.25, 0.3) is 54.3 Å². The summed E-state index contributed by atoms with van der Waals surface area (Å²) in [6.45, 7) is 9.64. The summed E-state index contributed by atoms with van der Waals surface area (Å²) in [5, 5.41) is 13.8. The van der Waals surface area contributed by atoms with Crippen molar-refractivity contribution in [2.75, 3.05) is 0 Å². The Bertz CT molecular complexity index is 1830. The summed E-state index contributed by atoms with van der Waals surface area (Å²) in [5.74, 6) is 0.649. The Hall–Kier alpha value is -3.49. The number of aromatic nitrogens is 1. The first-order valence-corrected chi connectivity index (χ1v) is 15.7. The Morgan fingerprint density at radius 2 is 1.46 bits per heavy atom. The van der Waals surface area contributed by atoms with Crippen LogP contribution < -0.4 is 10.4 Å². The fourth-order valence-corrected chi connectivity index (χ4v) is 9.40. The fraction of sp³-hybridized carbons (Fsp3) is 0.182. The molecule has 0 saturated carbocycles. The second kappa shape index (κ2) is 7.25. The van der Waals surface area contributed by atoms with Gasteiger partial charge in [-0.3, -0.25) is 4.98 Å². The summed E-state index contributed by atoms with van der Waals surface area (Å²) in [6.07, 6.45) is 3.13. The zero-order chi connectivity index (χ0) is 23.9.